The van der Waals surface area contributed by atoms with Crippen LogP contribution in [-0.2, 0) is 4.74 Å². The lowest BCUT2D eigenvalue weighted by atomic mass is 10.3. The van der Waals surface area contributed by atoms with Crippen LogP contribution in [-0.4, -0.2) is 30.8 Å². The van der Waals surface area contributed by atoms with E-state index in [1.54, 1.807) is 0 Å². The molecule has 0 bridgehead atoms. The van der Waals surface area contributed by atoms with Crippen LogP contribution in [0.1, 0.15) is 0 Å². The van der Waals surface area contributed by atoms with E-state index >= 15 is 0 Å². The summed E-state index contributed by atoms with van der Waals surface area (Å²) in [4.78, 5) is 0.562. The highest BCUT2D eigenvalue weighted by atomic mass is 32.1. The van der Waals surface area contributed by atoms with E-state index in [0.717, 1.165) is 13.1 Å². The van der Waals surface area contributed by atoms with Crippen molar-refractivity contribution in [1.29, 1.82) is 0 Å². The highest BCUT2D eigenvalue weighted by molar-refractivity contribution is 7.80. The Labute approximate surface area is 65.1 Å². The van der Waals surface area contributed by atoms with Gasteiger partial charge in [-0.05, 0) is 0 Å². The second kappa shape index (κ2) is 3.82. The number of rotatable bonds is 1. The maximum absolute atomic E-state index is 5.28. The largest absolute Gasteiger partial charge is 0.368 e. The number of hydrogen-bond acceptors (Lipinski definition) is 4. The minimum Gasteiger partial charge on any atom is -0.368 e. The Balaban J connectivity index is 2.31. The van der Waals surface area contributed by atoms with Crippen LogP contribution in [0.5, 0.6) is 0 Å². The molecule has 0 aliphatic carbocycles. The maximum Gasteiger partial charge on any atom is 0.121 e. The molecule has 1 rings (SSSR count). The van der Waals surface area contributed by atoms with Crippen molar-refractivity contribution in [3.63, 3.8) is 0 Å². The molecule has 4 nitrogen and oxygen atoms in total. The molecule has 1 unspecified atom stereocenters. The summed E-state index contributed by atoms with van der Waals surface area (Å²) in [7, 11) is 0. The topological polar surface area (TPSA) is 59.3 Å². The Morgan fingerprint density at radius 2 is 2.60 bits per heavy atom. The molecule has 0 aromatic heterocycles. The highest BCUT2D eigenvalue weighted by Crippen LogP contribution is 1.95. The first-order valence-corrected chi connectivity index (χ1v) is 3.58. The van der Waals surface area contributed by atoms with E-state index < -0.39 is 0 Å². The Morgan fingerprint density at radius 3 is 3.10 bits per heavy atom. The lowest BCUT2D eigenvalue weighted by Gasteiger charge is -2.23. The van der Waals surface area contributed by atoms with Gasteiger partial charge >= 0.3 is 0 Å². The molecule has 0 spiro atoms. The van der Waals surface area contributed by atoms with E-state index in [-0.39, 0.29) is 6.10 Å². The molecule has 1 aliphatic rings. The smallest absolute Gasteiger partial charge is 0.121 e. The number of hydrazine groups is 1. The summed E-state index contributed by atoms with van der Waals surface area (Å²) in [5.74, 6) is 5.10. The first-order chi connectivity index (χ1) is 4.84. The van der Waals surface area contributed by atoms with E-state index in [1.807, 2.05) is 0 Å². The van der Waals surface area contributed by atoms with E-state index in [2.05, 4.69) is 10.7 Å². The SMILES string of the molecule is NNC(=S)C1CNCCO1. The molecule has 1 atom stereocenters. The fourth-order valence-electron chi connectivity index (χ4n) is 0.827. The third-order valence-corrected chi connectivity index (χ3v) is 1.74. The molecule has 0 amide bonds. The minimum atomic E-state index is -0.0475. The quantitative estimate of drug-likeness (QED) is 0.255. The van der Waals surface area contributed by atoms with Crippen LogP contribution in [0.2, 0.25) is 0 Å². The lowest BCUT2D eigenvalue weighted by Crippen LogP contribution is -2.48. The number of thiocarbonyl (C=S) groups is 1. The van der Waals surface area contributed by atoms with Gasteiger partial charge < -0.3 is 15.5 Å². The number of nitrogens with two attached hydrogens (primary N) is 1. The van der Waals surface area contributed by atoms with Gasteiger partial charge in [-0.15, -0.1) is 0 Å². The standard InChI is InChI=1S/C5H11N3OS/c6-8-5(10)4-3-7-1-2-9-4/h4,7H,1-3,6H2,(H,8,10). The van der Waals surface area contributed by atoms with Crippen LogP contribution in [0, 0.1) is 0 Å². The van der Waals surface area contributed by atoms with Gasteiger partial charge in [0.2, 0.25) is 0 Å². The van der Waals surface area contributed by atoms with Crippen molar-refractivity contribution in [3.8, 4) is 0 Å². The summed E-state index contributed by atoms with van der Waals surface area (Å²) in [5, 5.41) is 3.14. The van der Waals surface area contributed by atoms with E-state index in [0.29, 0.717) is 11.6 Å². The predicted molar refractivity (Wildman–Crippen MR) is 42.5 cm³/mol. The molecule has 5 heteroatoms. The molecule has 10 heavy (non-hydrogen) atoms. The molecule has 1 fully saturated rings. The Morgan fingerprint density at radius 1 is 1.80 bits per heavy atom. The molecule has 0 radical (unpaired) electrons. The summed E-state index contributed by atoms with van der Waals surface area (Å²) in [6.45, 7) is 2.35. The second-order valence-corrected chi connectivity index (χ2v) is 2.51. The van der Waals surface area contributed by atoms with Gasteiger partial charge in [-0.3, -0.25) is 0 Å². The Kier molecular flexibility index (Phi) is 3.01. The number of nitrogens with one attached hydrogen (secondary N) is 2. The average Bonchev–Trinajstić information content (AvgIpc) is 2.05. The van der Waals surface area contributed by atoms with E-state index in [9.17, 15) is 0 Å². The zero-order valence-electron chi connectivity index (χ0n) is 5.59. The molecule has 1 heterocycles. The van der Waals surface area contributed by atoms with Gasteiger partial charge in [0, 0.05) is 13.1 Å². The van der Waals surface area contributed by atoms with Gasteiger partial charge in [0.15, 0.2) is 0 Å². The molecular weight excluding hydrogens is 150 g/mol. The highest BCUT2D eigenvalue weighted by Gasteiger charge is 2.16. The van der Waals surface area contributed by atoms with Gasteiger partial charge in [0.25, 0.3) is 0 Å². The maximum atomic E-state index is 5.28. The van der Waals surface area contributed by atoms with Crippen molar-refractivity contribution < 1.29 is 4.74 Å². The molecular formula is C5H11N3OS. The fraction of sp³-hybridized carbons (Fsp3) is 0.800. The van der Waals surface area contributed by atoms with E-state index in [4.69, 9.17) is 22.8 Å². The summed E-state index contributed by atoms with van der Waals surface area (Å²) in [6.07, 6.45) is -0.0475. The van der Waals surface area contributed by atoms with Crippen LogP contribution in [0.25, 0.3) is 0 Å². The van der Waals surface area contributed by atoms with Crippen LogP contribution in [0.4, 0.5) is 0 Å². The minimum absolute atomic E-state index is 0.0475. The summed E-state index contributed by atoms with van der Waals surface area (Å²) < 4.78 is 5.28. The van der Waals surface area contributed by atoms with Crippen molar-refractivity contribution in [1.82, 2.24) is 10.7 Å². The molecule has 1 aliphatic heterocycles. The van der Waals surface area contributed by atoms with Crippen molar-refractivity contribution in [3.05, 3.63) is 0 Å². The van der Waals surface area contributed by atoms with Gasteiger partial charge in [-0.2, -0.15) is 0 Å². The third-order valence-electron chi connectivity index (χ3n) is 1.36. The predicted octanol–water partition coefficient (Wildman–Crippen LogP) is -1.23. The van der Waals surface area contributed by atoms with Gasteiger partial charge in [0.1, 0.15) is 11.1 Å². The zero-order valence-corrected chi connectivity index (χ0v) is 6.41. The second-order valence-electron chi connectivity index (χ2n) is 2.07. The first-order valence-electron chi connectivity index (χ1n) is 3.17. The van der Waals surface area contributed by atoms with Gasteiger partial charge in [-0.25, -0.2) is 5.84 Å². The van der Waals surface area contributed by atoms with Crippen LogP contribution in [0.15, 0.2) is 0 Å². The van der Waals surface area contributed by atoms with Crippen molar-refractivity contribution >= 4 is 17.2 Å². The first kappa shape index (κ1) is 7.87. The molecule has 4 N–H and O–H groups in total. The van der Waals surface area contributed by atoms with Crippen molar-refractivity contribution in [2.45, 2.75) is 6.10 Å². The van der Waals surface area contributed by atoms with Gasteiger partial charge in [-0.1, -0.05) is 12.2 Å². The Hall–Kier alpha value is -0.230. The molecule has 0 aromatic rings. The summed E-state index contributed by atoms with van der Waals surface area (Å²) in [5.41, 5.74) is 2.40. The van der Waals surface area contributed by atoms with E-state index in [1.165, 1.54) is 0 Å². The number of hydrogen-bond donors (Lipinski definition) is 3. The normalized spacial score (nSPS) is 25.9. The monoisotopic (exact) mass is 161 g/mol. The van der Waals surface area contributed by atoms with Gasteiger partial charge in [0.05, 0.1) is 6.61 Å². The fourth-order valence-corrected chi connectivity index (χ4v) is 0.978. The average molecular weight is 161 g/mol. The van der Waals surface area contributed by atoms with Crippen molar-refractivity contribution in [2.24, 2.45) is 5.84 Å². The lowest BCUT2D eigenvalue weighted by molar-refractivity contribution is 0.0706. The zero-order chi connectivity index (χ0) is 7.40. The number of ether oxygens (including phenoxy) is 1. The summed E-state index contributed by atoms with van der Waals surface area (Å²) in [6, 6.07) is 0. The number of morpholine rings is 1. The molecule has 0 aromatic carbocycles. The van der Waals surface area contributed by atoms with Crippen LogP contribution < -0.4 is 16.6 Å². The summed E-state index contributed by atoms with van der Waals surface area (Å²) >= 11 is 4.87. The Bertz CT molecular complexity index is 124. The molecule has 58 valence electrons. The molecule has 1 saturated heterocycles. The van der Waals surface area contributed by atoms with Crippen LogP contribution >= 0.6 is 12.2 Å². The van der Waals surface area contributed by atoms with Crippen LogP contribution in [0.3, 0.4) is 0 Å². The molecule has 0 saturated carbocycles. The third kappa shape index (κ3) is 1.88. The van der Waals surface area contributed by atoms with Crippen molar-refractivity contribution in [2.75, 3.05) is 19.7 Å².